The lowest BCUT2D eigenvalue weighted by atomic mass is 9.94. The first-order valence-electron chi connectivity index (χ1n) is 7.36. The second-order valence-electron chi connectivity index (χ2n) is 5.63. The fourth-order valence-corrected chi connectivity index (χ4v) is 3.68. The zero-order valence-electron chi connectivity index (χ0n) is 13.5. The number of halogens is 1. The topological polar surface area (TPSA) is 83.6 Å². The Kier molecular flexibility index (Phi) is 5.99. The molecule has 1 aromatic heterocycles. The van der Waals surface area contributed by atoms with E-state index < -0.39 is 5.97 Å². The van der Waals surface area contributed by atoms with E-state index in [4.69, 9.17) is 22.4 Å². The number of hydrogen-bond acceptors (Lipinski definition) is 4. The summed E-state index contributed by atoms with van der Waals surface area (Å²) in [5, 5.41) is 9.56. The van der Waals surface area contributed by atoms with Crippen LogP contribution >= 0.6 is 22.9 Å². The SMILES string of the molecule is CN(C)C(=O)c1ccc(-c2cc([C@H](CN)CC(=O)O)ccc2Cl)s1. The van der Waals surface area contributed by atoms with Gasteiger partial charge in [-0.2, -0.15) is 0 Å². The van der Waals surface area contributed by atoms with Crippen LogP contribution in [0.25, 0.3) is 10.4 Å². The molecule has 0 saturated carbocycles. The molecule has 2 rings (SSSR count). The highest BCUT2D eigenvalue weighted by molar-refractivity contribution is 7.17. The number of nitrogens with two attached hydrogens (primary N) is 1. The number of nitrogens with zero attached hydrogens (tertiary/aromatic N) is 1. The van der Waals surface area contributed by atoms with E-state index in [1.807, 2.05) is 12.1 Å². The number of aliphatic carboxylic acids is 1. The van der Waals surface area contributed by atoms with Gasteiger partial charge in [0.1, 0.15) is 0 Å². The highest BCUT2D eigenvalue weighted by atomic mass is 35.5. The van der Waals surface area contributed by atoms with Crippen molar-refractivity contribution in [2.45, 2.75) is 12.3 Å². The molecule has 0 aliphatic heterocycles. The molecule has 0 saturated heterocycles. The minimum Gasteiger partial charge on any atom is -0.481 e. The third-order valence-electron chi connectivity index (χ3n) is 3.66. The molecule has 1 heterocycles. The first kappa shape index (κ1) is 18.4. The standard InChI is InChI=1S/C17H19ClN2O3S/c1-20(2)17(23)15-6-5-14(24-15)12-7-10(3-4-13(12)18)11(9-19)8-16(21)22/h3-7,11H,8-9,19H2,1-2H3,(H,21,22)/t11-/m0/s1. The van der Waals surface area contributed by atoms with Crippen molar-refractivity contribution in [2.75, 3.05) is 20.6 Å². The van der Waals surface area contributed by atoms with Crippen molar-refractivity contribution in [1.82, 2.24) is 4.90 Å². The number of carboxylic acid groups (broad SMARTS) is 1. The first-order valence-corrected chi connectivity index (χ1v) is 8.56. The maximum Gasteiger partial charge on any atom is 0.304 e. The molecule has 0 spiro atoms. The molecule has 7 heteroatoms. The summed E-state index contributed by atoms with van der Waals surface area (Å²) in [6, 6.07) is 9.01. The van der Waals surface area contributed by atoms with Gasteiger partial charge in [0.25, 0.3) is 5.91 Å². The van der Waals surface area contributed by atoms with Crippen molar-refractivity contribution in [1.29, 1.82) is 0 Å². The van der Waals surface area contributed by atoms with E-state index >= 15 is 0 Å². The Balaban J connectivity index is 2.38. The lowest BCUT2D eigenvalue weighted by Gasteiger charge is -2.14. The fraction of sp³-hybridized carbons (Fsp3) is 0.294. The van der Waals surface area contributed by atoms with Crippen LogP contribution < -0.4 is 5.73 Å². The van der Waals surface area contributed by atoms with E-state index in [0.717, 1.165) is 16.0 Å². The lowest BCUT2D eigenvalue weighted by Crippen LogP contribution is -2.20. The summed E-state index contributed by atoms with van der Waals surface area (Å²) in [6.45, 7) is 0.238. The van der Waals surface area contributed by atoms with Gasteiger partial charge in [0, 0.05) is 35.5 Å². The maximum absolute atomic E-state index is 12.0. The van der Waals surface area contributed by atoms with Crippen molar-refractivity contribution in [2.24, 2.45) is 5.73 Å². The van der Waals surface area contributed by atoms with Crippen LogP contribution in [-0.4, -0.2) is 42.5 Å². The Morgan fingerprint density at radius 1 is 1.29 bits per heavy atom. The van der Waals surface area contributed by atoms with Crippen molar-refractivity contribution < 1.29 is 14.7 Å². The molecule has 1 amide bonds. The number of amides is 1. The van der Waals surface area contributed by atoms with Crippen LogP contribution in [0.4, 0.5) is 0 Å². The molecule has 0 bridgehead atoms. The highest BCUT2D eigenvalue weighted by Gasteiger charge is 2.18. The monoisotopic (exact) mass is 366 g/mol. The summed E-state index contributed by atoms with van der Waals surface area (Å²) in [5.41, 5.74) is 7.32. The molecule has 0 fully saturated rings. The predicted molar refractivity (Wildman–Crippen MR) is 96.8 cm³/mol. The molecule has 5 nitrogen and oxygen atoms in total. The molecule has 0 aliphatic rings. The molecular weight excluding hydrogens is 348 g/mol. The van der Waals surface area contributed by atoms with Gasteiger partial charge in [-0.25, -0.2) is 0 Å². The van der Waals surface area contributed by atoms with Gasteiger partial charge < -0.3 is 15.7 Å². The Morgan fingerprint density at radius 2 is 2.00 bits per heavy atom. The quantitative estimate of drug-likeness (QED) is 0.821. The van der Waals surface area contributed by atoms with E-state index in [0.29, 0.717) is 9.90 Å². The lowest BCUT2D eigenvalue weighted by molar-refractivity contribution is -0.137. The summed E-state index contributed by atoms with van der Waals surface area (Å²) in [5.74, 6) is -1.23. The van der Waals surface area contributed by atoms with E-state index in [2.05, 4.69) is 0 Å². The summed E-state index contributed by atoms with van der Waals surface area (Å²) in [6.07, 6.45) is -0.0353. The van der Waals surface area contributed by atoms with Crippen LogP contribution in [0.15, 0.2) is 30.3 Å². The number of rotatable bonds is 6. The molecule has 1 atom stereocenters. The Morgan fingerprint density at radius 3 is 2.58 bits per heavy atom. The maximum atomic E-state index is 12.0. The van der Waals surface area contributed by atoms with E-state index in [1.54, 1.807) is 32.3 Å². The Hall–Kier alpha value is -1.89. The van der Waals surface area contributed by atoms with Crippen molar-refractivity contribution >= 4 is 34.8 Å². The third kappa shape index (κ3) is 4.14. The van der Waals surface area contributed by atoms with Crippen LogP contribution in [0.5, 0.6) is 0 Å². The van der Waals surface area contributed by atoms with Crippen molar-refractivity contribution in [3.05, 3.63) is 45.8 Å². The average Bonchev–Trinajstić information content (AvgIpc) is 3.01. The summed E-state index contributed by atoms with van der Waals surface area (Å²) < 4.78 is 0. The largest absolute Gasteiger partial charge is 0.481 e. The van der Waals surface area contributed by atoms with Crippen LogP contribution in [0.2, 0.25) is 5.02 Å². The van der Waals surface area contributed by atoms with Gasteiger partial charge >= 0.3 is 5.97 Å². The van der Waals surface area contributed by atoms with Crippen LogP contribution in [0, 0.1) is 0 Å². The van der Waals surface area contributed by atoms with Crippen LogP contribution in [0.3, 0.4) is 0 Å². The third-order valence-corrected chi connectivity index (χ3v) is 5.09. The summed E-state index contributed by atoms with van der Waals surface area (Å²) in [7, 11) is 3.40. The fourth-order valence-electron chi connectivity index (χ4n) is 2.35. The summed E-state index contributed by atoms with van der Waals surface area (Å²) in [4.78, 5) is 26.0. The van der Waals surface area contributed by atoms with E-state index in [9.17, 15) is 9.59 Å². The second-order valence-corrected chi connectivity index (χ2v) is 7.12. The summed E-state index contributed by atoms with van der Waals surface area (Å²) >= 11 is 7.65. The van der Waals surface area contributed by atoms with Crippen molar-refractivity contribution in [3.63, 3.8) is 0 Å². The van der Waals surface area contributed by atoms with E-state index in [-0.39, 0.29) is 24.8 Å². The molecular formula is C17H19ClN2O3S. The Bertz CT molecular complexity index is 758. The zero-order chi connectivity index (χ0) is 17.9. The molecule has 2 aromatic rings. The van der Waals surface area contributed by atoms with E-state index in [1.165, 1.54) is 16.2 Å². The second kappa shape index (κ2) is 7.79. The van der Waals surface area contributed by atoms with Crippen molar-refractivity contribution in [3.8, 4) is 10.4 Å². The van der Waals surface area contributed by atoms with Gasteiger partial charge in [-0.15, -0.1) is 11.3 Å². The van der Waals surface area contributed by atoms with Gasteiger partial charge in [0.05, 0.1) is 11.3 Å². The van der Waals surface area contributed by atoms with Gasteiger partial charge in [-0.1, -0.05) is 17.7 Å². The Labute approximate surface area is 149 Å². The first-order chi connectivity index (χ1) is 11.3. The molecule has 0 radical (unpaired) electrons. The smallest absolute Gasteiger partial charge is 0.304 e. The van der Waals surface area contributed by atoms with Crippen LogP contribution in [0.1, 0.15) is 27.6 Å². The number of carbonyl (C=O) groups excluding carboxylic acids is 1. The molecule has 3 N–H and O–H groups in total. The van der Waals surface area contributed by atoms with Gasteiger partial charge in [0.15, 0.2) is 0 Å². The molecule has 24 heavy (non-hydrogen) atoms. The number of benzene rings is 1. The van der Waals surface area contributed by atoms with Gasteiger partial charge in [-0.05, 0) is 36.4 Å². The van der Waals surface area contributed by atoms with Gasteiger partial charge in [0.2, 0.25) is 0 Å². The highest BCUT2D eigenvalue weighted by Crippen LogP contribution is 2.36. The predicted octanol–water partition coefficient (Wildman–Crippen LogP) is 3.29. The normalized spacial score (nSPS) is 12.0. The zero-order valence-corrected chi connectivity index (χ0v) is 15.0. The van der Waals surface area contributed by atoms with Gasteiger partial charge in [-0.3, -0.25) is 9.59 Å². The minimum atomic E-state index is -0.892. The minimum absolute atomic E-state index is 0.0353. The molecule has 128 valence electrons. The molecule has 0 aliphatic carbocycles. The van der Waals surface area contributed by atoms with Crippen LogP contribution in [-0.2, 0) is 4.79 Å². The molecule has 1 aromatic carbocycles. The average molecular weight is 367 g/mol. The number of carbonyl (C=O) groups is 2. The number of thiophene rings is 1. The molecule has 0 unspecified atom stereocenters. The number of hydrogen-bond donors (Lipinski definition) is 2. The number of carboxylic acids is 1.